The van der Waals surface area contributed by atoms with Crippen LogP contribution in [-0.2, 0) is 6.54 Å². The summed E-state index contributed by atoms with van der Waals surface area (Å²) < 4.78 is 20.3. The SMILES string of the molecule is NCc1cc(Br)cc(Oc2cc(F)cc(Br)c2)c1. The molecule has 0 aliphatic rings. The fraction of sp³-hybridized carbons (Fsp3) is 0.0769. The molecule has 18 heavy (non-hydrogen) atoms. The maximum absolute atomic E-state index is 13.2. The van der Waals surface area contributed by atoms with Gasteiger partial charge in [-0.1, -0.05) is 31.9 Å². The summed E-state index contributed by atoms with van der Waals surface area (Å²) in [6.07, 6.45) is 0. The summed E-state index contributed by atoms with van der Waals surface area (Å²) in [6, 6.07) is 9.94. The molecule has 0 heterocycles. The maximum atomic E-state index is 13.2. The predicted octanol–water partition coefficient (Wildman–Crippen LogP) is 4.60. The lowest BCUT2D eigenvalue weighted by Crippen LogP contribution is -1.96. The molecule has 0 unspecified atom stereocenters. The standard InChI is InChI=1S/C13H10Br2FNO/c14-9-1-8(7-17)2-12(4-9)18-13-5-10(15)3-11(16)6-13/h1-6H,7,17H2. The van der Waals surface area contributed by atoms with Gasteiger partial charge in [0, 0.05) is 21.6 Å². The first kappa shape index (κ1) is 13.5. The molecule has 0 amide bonds. The average Bonchev–Trinajstić information content (AvgIpc) is 2.26. The van der Waals surface area contributed by atoms with E-state index in [-0.39, 0.29) is 5.82 Å². The summed E-state index contributed by atoms with van der Waals surface area (Å²) in [7, 11) is 0. The van der Waals surface area contributed by atoms with E-state index < -0.39 is 0 Å². The lowest BCUT2D eigenvalue weighted by molar-refractivity contribution is 0.475. The topological polar surface area (TPSA) is 35.2 Å². The third kappa shape index (κ3) is 3.54. The van der Waals surface area contributed by atoms with Crippen LogP contribution in [0, 0.1) is 5.82 Å². The summed E-state index contributed by atoms with van der Waals surface area (Å²) >= 11 is 6.60. The van der Waals surface area contributed by atoms with Crippen LogP contribution in [0.25, 0.3) is 0 Å². The van der Waals surface area contributed by atoms with E-state index >= 15 is 0 Å². The molecule has 0 aliphatic carbocycles. The van der Waals surface area contributed by atoms with E-state index in [1.165, 1.54) is 12.1 Å². The van der Waals surface area contributed by atoms with Gasteiger partial charge >= 0.3 is 0 Å². The first-order chi connectivity index (χ1) is 8.56. The quantitative estimate of drug-likeness (QED) is 0.851. The van der Waals surface area contributed by atoms with Crippen molar-refractivity contribution < 1.29 is 9.13 Å². The van der Waals surface area contributed by atoms with Crippen molar-refractivity contribution in [3.8, 4) is 11.5 Å². The van der Waals surface area contributed by atoms with Crippen molar-refractivity contribution in [3.05, 3.63) is 56.7 Å². The van der Waals surface area contributed by atoms with Crippen LogP contribution in [0.2, 0.25) is 0 Å². The van der Waals surface area contributed by atoms with Crippen LogP contribution in [0.5, 0.6) is 11.5 Å². The molecule has 0 spiro atoms. The van der Waals surface area contributed by atoms with Gasteiger partial charge < -0.3 is 10.5 Å². The van der Waals surface area contributed by atoms with Crippen molar-refractivity contribution >= 4 is 31.9 Å². The predicted molar refractivity (Wildman–Crippen MR) is 76.2 cm³/mol. The van der Waals surface area contributed by atoms with Gasteiger partial charge in [-0.3, -0.25) is 0 Å². The Morgan fingerprint density at radius 1 is 0.944 bits per heavy atom. The molecule has 0 saturated heterocycles. The van der Waals surface area contributed by atoms with Crippen LogP contribution < -0.4 is 10.5 Å². The molecule has 2 rings (SSSR count). The normalized spacial score (nSPS) is 10.4. The Kier molecular flexibility index (Phi) is 4.37. The van der Waals surface area contributed by atoms with E-state index in [9.17, 15) is 4.39 Å². The fourth-order valence-electron chi connectivity index (χ4n) is 1.52. The zero-order valence-electron chi connectivity index (χ0n) is 9.29. The maximum Gasteiger partial charge on any atom is 0.131 e. The minimum Gasteiger partial charge on any atom is -0.457 e. The van der Waals surface area contributed by atoms with Crippen molar-refractivity contribution in [3.63, 3.8) is 0 Å². The highest BCUT2D eigenvalue weighted by Gasteiger charge is 2.04. The third-order valence-corrected chi connectivity index (χ3v) is 3.15. The fourth-order valence-corrected chi connectivity index (χ4v) is 2.49. The van der Waals surface area contributed by atoms with Gasteiger partial charge in [-0.2, -0.15) is 0 Å². The molecular formula is C13H10Br2FNO. The largest absolute Gasteiger partial charge is 0.457 e. The van der Waals surface area contributed by atoms with Crippen LogP contribution in [0.1, 0.15) is 5.56 Å². The molecule has 0 bridgehead atoms. The second-order valence-electron chi connectivity index (χ2n) is 3.71. The number of nitrogens with two attached hydrogens (primary N) is 1. The summed E-state index contributed by atoms with van der Waals surface area (Å²) in [5.74, 6) is 0.693. The van der Waals surface area contributed by atoms with Crippen molar-refractivity contribution in [1.82, 2.24) is 0 Å². The molecule has 0 aromatic heterocycles. The molecule has 2 N–H and O–H groups in total. The summed E-state index contributed by atoms with van der Waals surface area (Å²) in [5.41, 5.74) is 6.52. The Hall–Kier alpha value is -0.910. The summed E-state index contributed by atoms with van der Waals surface area (Å²) in [4.78, 5) is 0. The van der Waals surface area contributed by atoms with E-state index in [0.29, 0.717) is 22.5 Å². The van der Waals surface area contributed by atoms with Gasteiger partial charge in [-0.15, -0.1) is 0 Å². The van der Waals surface area contributed by atoms with Gasteiger partial charge in [0.25, 0.3) is 0 Å². The number of hydrogen-bond acceptors (Lipinski definition) is 2. The molecule has 0 fully saturated rings. The second kappa shape index (κ2) is 5.82. The molecule has 2 aromatic carbocycles. The molecule has 0 aliphatic heterocycles. The van der Waals surface area contributed by atoms with Crippen LogP contribution >= 0.6 is 31.9 Å². The molecule has 2 nitrogen and oxygen atoms in total. The lowest BCUT2D eigenvalue weighted by Gasteiger charge is -2.08. The van der Waals surface area contributed by atoms with Crippen LogP contribution in [-0.4, -0.2) is 0 Å². The van der Waals surface area contributed by atoms with Gasteiger partial charge in [0.1, 0.15) is 17.3 Å². The van der Waals surface area contributed by atoms with E-state index in [0.717, 1.165) is 10.0 Å². The van der Waals surface area contributed by atoms with Crippen LogP contribution in [0.3, 0.4) is 0 Å². The Morgan fingerprint density at radius 2 is 1.56 bits per heavy atom. The van der Waals surface area contributed by atoms with Gasteiger partial charge in [-0.05, 0) is 35.9 Å². The van der Waals surface area contributed by atoms with Crippen LogP contribution in [0.15, 0.2) is 45.3 Å². The number of hydrogen-bond donors (Lipinski definition) is 1. The Labute approximate surface area is 121 Å². The highest BCUT2D eigenvalue weighted by atomic mass is 79.9. The van der Waals surface area contributed by atoms with Crippen molar-refractivity contribution in [2.45, 2.75) is 6.54 Å². The van der Waals surface area contributed by atoms with Crippen molar-refractivity contribution in [2.75, 3.05) is 0 Å². The van der Waals surface area contributed by atoms with Gasteiger partial charge in [-0.25, -0.2) is 4.39 Å². The van der Waals surface area contributed by atoms with E-state index in [1.807, 2.05) is 12.1 Å². The molecule has 94 valence electrons. The number of rotatable bonds is 3. The van der Waals surface area contributed by atoms with E-state index in [2.05, 4.69) is 31.9 Å². The van der Waals surface area contributed by atoms with Crippen molar-refractivity contribution in [2.24, 2.45) is 5.73 Å². The van der Waals surface area contributed by atoms with Gasteiger partial charge in [0.15, 0.2) is 0 Å². The highest BCUT2D eigenvalue weighted by molar-refractivity contribution is 9.10. The smallest absolute Gasteiger partial charge is 0.131 e. The summed E-state index contributed by atoms with van der Waals surface area (Å²) in [6.45, 7) is 0.419. The summed E-state index contributed by atoms with van der Waals surface area (Å²) in [5, 5.41) is 0. The monoisotopic (exact) mass is 373 g/mol. The number of benzene rings is 2. The molecule has 2 aromatic rings. The van der Waals surface area contributed by atoms with E-state index in [4.69, 9.17) is 10.5 Å². The molecular weight excluding hydrogens is 365 g/mol. The third-order valence-electron chi connectivity index (χ3n) is 2.24. The molecule has 5 heteroatoms. The molecule has 0 radical (unpaired) electrons. The highest BCUT2D eigenvalue weighted by Crippen LogP contribution is 2.28. The minimum absolute atomic E-state index is 0.353. The zero-order valence-corrected chi connectivity index (χ0v) is 12.5. The molecule has 0 saturated carbocycles. The Bertz CT molecular complexity index is 555. The Balaban J connectivity index is 2.30. The van der Waals surface area contributed by atoms with Crippen molar-refractivity contribution in [1.29, 1.82) is 0 Å². The first-order valence-corrected chi connectivity index (χ1v) is 6.79. The number of halogens is 3. The zero-order chi connectivity index (χ0) is 13.1. The lowest BCUT2D eigenvalue weighted by atomic mass is 10.2. The molecule has 0 atom stereocenters. The number of ether oxygens (including phenoxy) is 1. The minimum atomic E-state index is -0.353. The first-order valence-electron chi connectivity index (χ1n) is 5.20. The van der Waals surface area contributed by atoms with Gasteiger partial charge in [0.05, 0.1) is 0 Å². The van der Waals surface area contributed by atoms with E-state index in [1.54, 1.807) is 12.1 Å². The van der Waals surface area contributed by atoms with Gasteiger partial charge in [0.2, 0.25) is 0 Å². The average molecular weight is 375 g/mol. The second-order valence-corrected chi connectivity index (χ2v) is 5.54. The van der Waals surface area contributed by atoms with Crippen LogP contribution in [0.4, 0.5) is 4.39 Å². The Morgan fingerprint density at radius 3 is 2.17 bits per heavy atom.